The summed E-state index contributed by atoms with van der Waals surface area (Å²) in [6.07, 6.45) is 5.72. The van der Waals surface area contributed by atoms with E-state index in [0.29, 0.717) is 12.4 Å². The summed E-state index contributed by atoms with van der Waals surface area (Å²) in [4.78, 5) is 13.7. The van der Waals surface area contributed by atoms with E-state index in [-0.39, 0.29) is 6.10 Å². The first-order valence-electron chi connectivity index (χ1n) is 10.5. The van der Waals surface area contributed by atoms with E-state index in [2.05, 4.69) is 34.6 Å². The maximum Gasteiger partial charge on any atom is 0.163 e. The van der Waals surface area contributed by atoms with Crippen molar-refractivity contribution in [1.29, 1.82) is 0 Å². The molecule has 156 valence electrons. The van der Waals surface area contributed by atoms with E-state index in [9.17, 15) is 0 Å². The number of rotatable bonds is 5. The molecule has 0 aliphatic carbocycles. The number of hydrogen-bond acceptors (Lipinski definition) is 6. The Kier molecular flexibility index (Phi) is 5.46. The van der Waals surface area contributed by atoms with Gasteiger partial charge in [-0.2, -0.15) is 0 Å². The Morgan fingerprint density at radius 1 is 1.00 bits per heavy atom. The highest BCUT2D eigenvalue weighted by Gasteiger charge is 2.16. The standard InChI is InChI=1S/C25H24N4O2/c1-26-25-22-14-18(9-10-23(22)28-24(29-25)19-6-3-11-27-15-19)17-5-2-7-20(13-17)31-21-8-4-12-30-16-21/h2-3,5-7,9-11,13-15,21H,4,8,12,16H2,1H3,(H,26,28,29). The Balaban J connectivity index is 1.49. The molecule has 1 fully saturated rings. The lowest BCUT2D eigenvalue weighted by molar-refractivity contribution is 0.00745. The smallest absolute Gasteiger partial charge is 0.163 e. The van der Waals surface area contributed by atoms with Crippen molar-refractivity contribution in [2.75, 3.05) is 25.6 Å². The molecule has 0 radical (unpaired) electrons. The minimum absolute atomic E-state index is 0.121. The van der Waals surface area contributed by atoms with Crippen LogP contribution in [0.5, 0.6) is 5.75 Å². The zero-order valence-corrected chi connectivity index (χ0v) is 17.4. The van der Waals surface area contributed by atoms with Gasteiger partial charge >= 0.3 is 0 Å². The normalized spacial score (nSPS) is 16.2. The Morgan fingerprint density at radius 2 is 1.90 bits per heavy atom. The molecule has 31 heavy (non-hydrogen) atoms. The molecule has 0 spiro atoms. The van der Waals surface area contributed by atoms with Gasteiger partial charge in [0, 0.05) is 37.0 Å². The number of ether oxygens (including phenoxy) is 2. The zero-order valence-electron chi connectivity index (χ0n) is 17.4. The Labute approximate surface area is 181 Å². The number of hydrogen-bond donors (Lipinski definition) is 1. The molecule has 6 nitrogen and oxygen atoms in total. The van der Waals surface area contributed by atoms with Crippen LogP contribution in [0.4, 0.5) is 5.82 Å². The van der Waals surface area contributed by atoms with Crippen LogP contribution in [0.3, 0.4) is 0 Å². The third-order valence-electron chi connectivity index (χ3n) is 5.44. The number of benzene rings is 2. The molecule has 1 atom stereocenters. The molecule has 3 heterocycles. The van der Waals surface area contributed by atoms with Gasteiger partial charge in [-0.3, -0.25) is 4.98 Å². The van der Waals surface area contributed by atoms with Crippen molar-refractivity contribution in [3.63, 3.8) is 0 Å². The molecular weight excluding hydrogens is 388 g/mol. The van der Waals surface area contributed by atoms with Crippen molar-refractivity contribution in [3.05, 3.63) is 67.0 Å². The molecule has 1 aliphatic heterocycles. The van der Waals surface area contributed by atoms with Crippen molar-refractivity contribution < 1.29 is 9.47 Å². The molecule has 0 saturated carbocycles. The first kappa shape index (κ1) is 19.5. The van der Waals surface area contributed by atoms with Crippen LogP contribution in [0.2, 0.25) is 0 Å². The third-order valence-corrected chi connectivity index (χ3v) is 5.44. The monoisotopic (exact) mass is 412 g/mol. The van der Waals surface area contributed by atoms with Crippen LogP contribution in [-0.2, 0) is 4.74 Å². The molecule has 2 aromatic carbocycles. The van der Waals surface area contributed by atoms with E-state index in [0.717, 1.165) is 58.6 Å². The second-order valence-electron chi connectivity index (χ2n) is 7.60. The fourth-order valence-corrected chi connectivity index (χ4v) is 3.87. The quantitative estimate of drug-likeness (QED) is 0.500. The van der Waals surface area contributed by atoms with Crippen LogP contribution in [0.15, 0.2) is 67.0 Å². The van der Waals surface area contributed by atoms with Gasteiger partial charge in [0.2, 0.25) is 0 Å². The molecule has 1 N–H and O–H groups in total. The van der Waals surface area contributed by atoms with Crippen molar-refractivity contribution in [2.24, 2.45) is 0 Å². The topological polar surface area (TPSA) is 69.2 Å². The molecule has 5 rings (SSSR count). The minimum Gasteiger partial charge on any atom is -0.488 e. The highest BCUT2D eigenvalue weighted by Crippen LogP contribution is 2.31. The van der Waals surface area contributed by atoms with Crippen LogP contribution >= 0.6 is 0 Å². The average Bonchev–Trinajstić information content (AvgIpc) is 2.84. The average molecular weight is 412 g/mol. The molecule has 1 unspecified atom stereocenters. The molecule has 2 aromatic heterocycles. The van der Waals surface area contributed by atoms with Crippen LogP contribution in [0, 0.1) is 0 Å². The lowest BCUT2D eigenvalue weighted by Gasteiger charge is -2.23. The van der Waals surface area contributed by atoms with Crippen molar-refractivity contribution in [1.82, 2.24) is 15.0 Å². The van der Waals surface area contributed by atoms with E-state index in [4.69, 9.17) is 19.4 Å². The fourth-order valence-electron chi connectivity index (χ4n) is 3.87. The van der Waals surface area contributed by atoms with Gasteiger partial charge in [-0.1, -0.05) is 18.2 Å². The lowest BCUT2D eigenvalue weighted by atomic mass is 10.0. The number of anilines is 1. The summed E-state index contributed by atoms with van der Waals surface area (Å²) >= 11 is 0. The number of pyridine rings is 1. The first-order valence-corrected chi connectivity index (χ1v) is 10.5. The minimum atomic E-state index is 0.121. The first-order chi connectivity index (χ1) is 15.3. The Morgan fingerprint density at radius 3 is 2.71 bits per heavy atom. The van der Waals surface area contributed by atoms with Crippen LogP contribution in [0.25, 0.3) is 33.4 Å². The predicted octanol–water partition coefficient (Wildman–Crippen LogP) is 4.96. The van der Waals surface area contributed by atoms with Gasteiger partial charge in [-0.15, -0.1) is 0 Å². The zero-order chi connectivity index (χ0) is 21.0. The molecule has 0 bridgehead atoms. The second kappa shape index (κ2) is 8.70. The summed E-state index contributed by atoms with van der Waals surface area (Å²) in [6.45, 7) is 1.48. The Hall–Kier alpha value is -3.51. The van der Waals surface area contributed by atoms with E-state index >= 15 is 0 Å². The van der Waals surface area contributed by atoms with Gasteiger partial charge in [0.15, 0.2) is 5.82 Å². The maximum atomic E-state index is 6.15. The van der Waals surface area contributed by atoms with Crippen molar-refractivity contribution in [2.45, 2.75) is 18.9 Å². The summed E-state index contributed by atoms with van der Waals surface area (Å²) in [7, 11) is 1.88. The van der Waals surface area contributed by atoms with E-state index in [1.807, 2.05) is 37.4 Å². The van der Waals surface area contributed by atoms with E-state index in [1.165, 1.54) is 0 Å². The lowest BCUT2D eigenvalue weighted by Crippen LogP contribution is -2.27. The molecular formula is C25H24N4O2. The van der Waals surface area contributed by atoms with Gasteiger partial charge < -0.3 is 14.8 Å². The number of nitrogens with one attached hydrogen (secondary N) is 1. The summed E-state index contributed by atoms with van der Waals surface area (Å²) in [6, 6.07) is 18.3. The van der Waals surface area contributed by atoms with Gasteiger partial charge in [0.1, 0.15) is 17.7 Å². The Bertz CT molecular complexity index is 1190. The van der Waals surface area contributed by atoms with Crippen molar-refractivity contribution >= 4 is 16.7 Å². The predicted molar refractivity (Wildman–Crippen MR) is 122 cm³/mol. The highest BCUT2D eigenvalue weighted by atomic mass is 16.5. The van der Waals surface area contributed by atoms with E-state index in [1.54, 1.807) is 12.4 Å². The molecule has 1 aliphatic rings. The molecule has 4 aromatic rings. The summed E-state index contributed by atoms with van der Waals surface area (Å²) < 4.78 is 11.7. The van der Waals surface area contributed by atoms with E-state index < -0.39 is 0 Å². The van der Waals surface area contributed by atoms with Gasteiger partial charge in [0.25, 0.3) is 0 Å². The third kappa shape index (κ3) is 4.20. The van der Waals surface area contributed by atoms with Crippen LogP contribution in [0.1, 0.15) is 12.8 Å². The number of nitrogens with zero attached hydrogens (tertiary/aromatic N) is 3. The largest absolute Gasteiger partial charge is 0.488 e. The van der Waals surface area contributed by atoms with Gasteiger partial charge in [-0.25, -0.2) is 9.97 Å². The molecule has 0 amide bonds. The van der Waals surface area contributed by atoms with Crippen LogP contribution in [-0.4, -0.2) is 41.3 Å². The highest BCUT2D eigenvalue weighted by molar-refractivity contribution is 5.94. The SMILES string of the molecule is CNc1nc(-c2cccnc2)nc2ccc(-c3cccc(OC4CCCOC4)c3)cc12. The summed E-state index contributed by atoms with van der Waals surface area (Å²) in [5.74, 6) is 2.31. The summed E-state index contributed by atoms with van der Waals surface area (Å²) in [5, 5.41) is 4.19. The second-order valence-corrected chi connectivity index (χ2v) is 7.60. The molecule has 6 heteroatoms. The number of aromatic nitrogens is 3. The summed E-state index contributed by atoms with van der Waals surface area (Å²) in [5.41, 5.74) is 3.96. The van der Waals surface area contributed by atoms with Crippen molar-refractivity contribution in [3.8, 4) is 28.3 Å². The maximum absolute atomic E-state index is 6.15. The van der Waals surface area contributed by atoms with Crippen LogP contribution < -0.4 is 10.1 Å². The fraction of sp³-hybridized carbons (Fsp3) is 0.240. The molecule has 1 saturated heterocycles. The van der Waals surface area contributed by atoms with Gasteiger partial charge in [0.05, 0.1) is 12.1 Å². The number of fused-ring (bicyclic) bond motifs is 1. The van der Waals surface area contributed by atoms with Gasteiger partial charge in [-0.05, 0) is 60.4 Å².